The van der Waals surface area contributed by atoms with Gasteiger partial charge in [-0.15, -0.1) is 0 Å². The topological polar surface area (TPSA) is 59.4 Å². The first-order valence-corrected chi connectivity index (χ1v) is 9.08. The zero-order chi connectivity index (χ0) is 18.5. The summed E-state index contributed by atoms with van der Waals surface area (Å²) in [5.74, 6) is -0.0797. The number of anilines is 1. The van der Waals surface area contributed by atoms with Gasteiger partial charge in [-0.25, -0.2) is 4.98 Å². The Balaban J connectivity index is 1.42. The van der Waals surface area contributed by atoms with E-state index in [0.717, 1.165) is 43.2 Å². The van der Waals surface area contributed by atoms with Crippen LogP contribution >= 0.6 is 0 Å². The van der Waals surface area contributed by atoms with Crippen molar-refractivity contribution in [3.8, 4) is 5.69 Å². The van der Waals surface area contributed by atoms with Gasteiger partial charge in [-0.1, -0.05) is 18.2 Å². The van der Waals surface area contributed by atoms with Crippen molar-refractivity contribution in [2.45, 2.75) is 6.54 Å². The molecule has 138 valence electrons. The maximum absolute atomic E-state index is 12.5. The summed E-state index contributed by atoms with van der Waals surface area (Å²) in [6.07, 6.45) is 5.34. The van der Waals surface area contributed by atoms with Gasteiger partial charge in [-0.2, -0.15) is 0 Å². The number of benzene rings is 2. The zero-order valence-corrected chi connectivity index (χ0v) is 15.0. The number of nitrogens with zero attached hydrogens (tertiary/aromatic N) is 3. The maximum atomic E-state index is 12.5. The van der Waals surface area contributed by atoms with Crippen LogP contribution in [-0.2, 0) is 11.3 Å². The van der Waals surface area contributed by atoms with Crippen molar-refractivity contribution in [2.24, 2.45) is 0 Å². The average Bonchev–Trinajstić information content (AvgIpc) is 3.28. The molecule has 2 heterocycles. The summed E-state index contributed by atoms with van der Waals surface area (Å²) in [4.78, 5) is 18.9. The first-order valence-electron chi connectivity index (χ1n) is 9.08. The molecule has 0 aliphatic carbocycles. The van der Waals surface area contributed by atoms with Crippen LogP contribution in [0.3, 0.4) is 0 Å². The van der Waals surface area contributed by atoms with E-state index in [0.29, 0.717) is 12.1 Å². The number of morpholine rings is 1. The highest BCUT2D eigenvalue weighted by molar-refractivity contribution is 5.94. The van der Waals surface area contributed by atoms with E-state index in [1.165, 1.54) is 0 Å². The number of rotatable bonds is 5. The third-order valence-corrected chi connectivity index (χ3v) is 4.71. The summed E-state index contributed by atoms with van der Waals surface area (Å²) >= 11 is 0. The summed E-state index contributed by atoms with van der Waals surface area (Å²) in [5.41, 5.74) is 3.89. The number of aromatic nitrogens is 2. The van der Waals surface area contributed by atoms with Crippen LogP contribution in [0.5, 0.6) is 0 Å². The molecule has 1 aromatic heterocycles. The Bertz CT molecular complexity index is 885. The van der Waals surface area contributed by atoms with Gasteiger partial charge >= 0.3 is 0 Å². The van der Waals surface area contributed by atoms with Gasteiger partial charge in [0.25, 0.3) is 5.91 Å². The van der Waals surface area contributed by atoms with Gasteiger partial charge < -0.3 is 19.5 Å². The lowest BCUT2D eigenvalue weighted by molar-refractivity contribution is 0.0950. The van der Waals surface area contributed by atoms with Gasteiger partial charge in [0.05, 0.1) is 19.5 Å². The summed E-state index contributed by atoms with van der Waals surface area (Å²) in [5, 5.41) is 3.03. The molecule has 0 saturated carbocycles. The summed E-state index contributed by atoms with van der Waals surface area (Å²) in [7, 11) is 0. The number of imidazole rings is 1. The second kappa shape index (κ2) is 8.05. The van der Waals surface area contributed by atoms with Crippen LogP contribution in [0.25, 0.3) is 5.69 Å². The lowest BCUT2D eigenvalue weighted by atomic mass is 10.1. The summed E-state index contributed by atoms with van der Waals surface area (Å²) < 4.78 is 7.34. The third kappa shape index (κ3) is 4.01. The molecule has 0 unspecified atom stereocenters. The highest BCUT2D eigenvalue weighted by atomic mass is 16.5. The smallest absolute Gasteiger partial charge is 0.251 e. The fraction of sp³-hybridized carbons (Fsp3) is 0.238. The second-order valence-electron chi connectivity index (χ2n) is 6.43. The predicted molar refractivity (Wildman–Crippen MR) is 104 cm³/mol. The molecule has 3 aromatic rings. The summed E-state index contributed by atoms with van der Waals surface area (Å²) in [6.45, 7) is 3.73. The maximum Gasteiger partial charge on any atom is 0.251 e. The Labute approximate surface area is 158 Å². The lowest BCUT2D eigenvalue weighted by Gasteiger charge is -2.30. The van der Waals surface area contributed by atoms with Crippen LogP contribution in [0, 0.1) is 0 Å². The van der Waals surface area contributed by atoms with Crippen LogP contribution in [-0.4, -0.2) is 41.8 Å². The van der Waals surface area contributed by atoms with Crippen LogP contribution in [0.1, 0.15) is 15.9 Å². The van der Waals surface area contributed by atoms with E-state index < -0.39 is 0 Å². The molecule has 0 radical (unpaired) electrons. The van der Waals surface area contributed by atoms with Crippen molar-refractivity contribution in [2.75, 3.05) is 31.2 Å². The quantitative estimate of drug-likeness (QED) is 0.758. The van der Waals surface area contributed by atoms with Crippen molar-refractivity contribution in [3.63, 3.8) is 0 Å². The van der Waals surface area contributed by atoms with E-state index in [9.17, 15) is 4.79 Å². The van der Waals surface area contributed by atoms with Gasteiger partial charge in [-0.05, 0) is 35.9 Å². The molecule has 27 heavy (non-hydrogen) atoms. The molecule has 1 aliphatic rings. The number of carbonyl (C=O) groups excluding carboxylic acids is 1. The van der Waals surface area contributed by atoms with Crippen molar-refractivity contribution < 1.29 is 9.53 Å². The SMILES string of the molecule is O=C(NCc1ccccc1N1CCOCC1)c1ccc(-n2ccnc2)cc1. The minimum Gasteiger partial charge on any atom is -0.378 e. The average molecular weight is 362 g/mol. The molecule has 0 spiro atoms. The Morgan fingerprint density at radius 1 is 1.07 bits per heavy atom. The number of nitrogens with one attached hydrogen (secondary N) is 1. The van der Waals surface area contributed by atoms with E-state index in [-0.39, 0.29) is 5.91 Å². The van der Waals surface area contributed by atoms with Crippen molar-refractivity contribution in [1.29, 1.82) is 0 Å². The van der Waals surface area contributed by atoms with Gasteiger partial charge in [-0.3, -0.25) is 4.79 Å². The van der Waals surface area contributed by atoms with Gasteiger partial charge in [0.1, 0.15) is 0 Å². The van der Waals surface area contributed by atoms with E-state index in [1.54, 1.807) is 12.5 Å². The minimum absolute atomic E-state index is 0.0797. The van der Waals surface area contributed by atoms with Crippen molar-refractivity contribution in [1.82, 2.24) is 14.9 Å². The Morgan fingerprint density at radius 2 is 1.85 bits per heavy atom. The first kappa shape index (κ1) is 17.3. The molecule has 6 heteroatoms. The van der Waals surface area contributed by atoms with Crippen molar-refractivity contribution >= 4 is 11.6 Å². The molecule has 1 aliphatic heterocycles. The lowest BCUT2D eigenvalue weighted by Crippen LogP contribution is -2.37. The molecule has 6 nitrogen and oxygen atoms in total. The zero-order valence-electron chi connectivity index (χ0n) is 15.0. The highest BCUT2D eigenvalue weighted by Crippen LogP contribution is 2.21. The van der Waals surface area contributed by atoms with Crippen LogP contribution < -0.4 is 10.2 Å². The van der Waals surface area contributed by atoms with E-state index in [4.69, 9.17) is 4.74 Å². The fourth-order valence-electron chi connectivity index (χ4n) is 3.25. The molecular weight excluding hydrogens is 340 g/mol. The molecule has 1 fully saturated rings. The van der Waals surface area contributed by atoms with E-state index in [2.05, 4.69) is 27.3 Å². The second-order valence-corrected chi connectivity index (χ2v) is 6.43. The molecular formula is C21H22N4O2. The van der Waals surface area contributed by atoms with Crippen molar-refractivity contribution in [3.05, 3.63) is 78.4 Å². The number of amides is 1. The molecule has 1 N–H and O–H groups in total. The number of para-hydroxylation sites is 1. The van der Waals surface area contributed by atoms with Gasteiger partial charge in [0.2, 0.25) is 0 Å². The number of hydrogen-bond acceptors (Lipinski definition) is 4. The molecule has 4 rings (SSSR count). The minimum atomic E-state index is -0.0797. The van der Waals surface area contributed by atoms with E-state index in [1.807, 2.05) is 47.2 Å². The Hall–Kier alpha value is -3.12. The van der Waals surface area contributed by atoms with Crippen LogP contribution in [0.2, 0.25) is 0 Å². The molecule has 0 atom stereocenters. The Kier molecular flexibility index (Phi) is 5.16. The molecule has 2 aromatic carbocycles. The first-order chi connectivity index (χ1) is 13.3. The fourth-order valence-corrected chi connectivity index (χ4v) is 3.25. The summed E-state index contributed by atoms with van der Waals surface area (Å²) in [6, 6.07) is 15.7. The standard InChI is InChI=1S/C21H22N4O2/c26-21(17-5-7-19(8-6-17)25-10-9-22-16-25)23-15-18-3-1-2-4-20(18)24-11-13-27-14-12-24/h1-10,16H,11-15H2,(H,23,26). The molecule has 0 bridgehead atoms. The molecule has 1 saturated heterocycles. The highest BCUT2D eigenvalue weighted by Gasteiger charge is 2.15. The number of ether oxygens (including phenoxy) is 1. The van der Waals surface area contributed by atoms with Gasteiger partial charge in [0.15, 0.2) is 0 Å². The van der Waals surface area contributed by atoms with Crippen LogP contribution in [0.15, 0.2) is 67.3 Å². The van der Waals surface area contributed by atoms with Gasteiger partial charge in [0, 0.05) is 49.0 Å². The predicted octanol–water partition coefficient (Wildman–Crippen LogP) is 2.64. The molecule has 1 amide bonds. The van der Waals surface area contributed by atoms with Crippen LogP contribution in [0.4, 0.5) is 5.69 Å². The normalized spacial score (nSPS) is 14.1. The monoisotopic (exact) mass is 362 g/mol. The van der Waals surface area contributed by atoms with E-state index >= 15 is 0 Å². The largest absolute Gasteiger partial charge is 0.378 e. The number of hydrogen-bond donors (Lipinski definition) is 1. The third-order valence-electron chi connectivity index (χ3n) is 4.71. The Morgan fingerprint density at radius 3 is 2.59 bits per heavy atom. The number of carbonyl (C=O) groups is 1.